The fourth-order valence-corrected chi connectivity index (χ4v) is 2.19. The molecule has 0 fully saturated rings. The summed E-state index contributed by atoms with van der Waals surface area (Å²) in [5, 5.41) is 12.3. The van der Waals surface area contributed by atoms with Crippen LogP contribution in [0.15, 0.2) is 27.4 Å². The summed E-state index contributed by atoms with van der Waals surface area (Å²) in [6.45, 7) is 5.64. The van der Waals surface area contributed by atoms with Crippen molar-refractivity contribution in [1.29, 1.82) is 0 Å². The van der Waals surface area contributed by atoms with Crippen molar-refractivity contribution in [2.75, 3.05) is 5.32 Å². The lowest BCUT2D eigenvalue weighted by Crippen LogP contribution is -2.31. The van der Waals surface area contributed by atoms with E-state index < -0.39 is 17.6 Å². The predicted molar refractivity (Wildman–Crippen MR) is 79.5 cm³/mol. The standard InChI is InChI=1S/C15H18N2O4/c1-8(2)7-11(13(18)19)17-15-16-10-6-4-5-9(3)12(10)14(20)21-15/h4-6,8,11H,7H2,1-3H3,(H,16,17)(H,18,19)/t11-/m0/s1. The lowest BCUT2D eigenvalue weighted by Gasteiger charge is -2.15. The summed E-state index contributed by atoms with van der Waals surface area (Å²) in [5.41, 5.74) is 0.744. The van der Waals surface area contributed by atoms with Gasteiger partial charge in [-0.25, -0.2) is 9.59 Å². The third kappa shape index (κ3) is 3.39. The van der Waals surface area contributed by atoms with Gasteiger partial charge in [0.1, 0.15) is 6.04 Å². The molecule has 0 amide bonds. The summed E-state index contributed by atoms with van der Waals surface area (Å²) in [6, 6.07) is 4.38. The van der Waals surface area contributed by atoms with Crippen LogP contribution in [0.5, 0.6) is 0 Å². The van der Waals surface area contributed by atoms with Crippen molar-refractivity contribution in [3.05, 3.63) is 34.2 Å². The maximum absolute atomic E-state index is 12.0. The van der Waals surface area contributed by atoms with E-state index in [4.69, 9.17) is 4.42 Å². The van der Waals surface area contributed by atoms with E-state index in [1.807, 2.05) is 13.8 Å². The van der Waals surface area contributed by atoms with Gasteiger partial charge < -0.3 is 14.8 Å². The number of hydrogen-bond donors (Lipinski definition) is 2. The zero-order chi connectivity index (χ0) is 15.6. The molecular weight excluding hydrogens is 272 g/mol. The summed E-state index contributed by atoms with van der Waals surface area (Å²) in [4.78, 5) is 27.4. The van der Waals surface area contributed by atoms with Gasteiger partial charge in [0.25, 0.3) is 6.01 Å². The van der Waals surface area contributed by atoms with E-state index >= 15 is 0 Å². The Hall–Kier alpha value is -2.37. The van der Waals surface area contributed by atoms with Crippen LogP contribution in [-0.4, -0.2) is 22.1 Å². The highest BCUT2D eigenvalue weighted by Gasteiger charge is 2.21. The number of carbonyl (C=O) groups is 1. The highest BCUT2D eigenvalue weighted by molar-refractivity contribution is 5.82. The number of nitrogens with one attached hydrogen (secondary N) is 1. The summed E-state index contributed by atoms with van der Waals surface area (Å²) in [5.74, 6) is -0.814. The van der Waals surface area contributed by atoms with Crippen LogP contribution < -0.4 is 10.9 Å². The second kappa shape index (κ2) is 5.95. The molecular formula is C15H18N2O4. The van der Waals surface area contributed by atoms with E-state index in [0.717, 1.165) is 5.56 Å². The average Bonchev–Trinajstić information content (AvgIpc) is 2.36. The first-order valence-corrected chi connectivity index (χ1v) is 6.78. The molecule has 0 spiro atoms. The number of anilines is 1. The minimum atomic E-state index is -1.00. The zero-order valence-electron chi connectivity index (χ0n) is 12.2. The fraction of sp³-hybridized carbons (Fsp3) is 0.400. The molecule has 0 aliphatic carbocycles. The number of carboxylic acids is 1. The smallest absolute Gasteiger partial charge is 0.348 e. The molecule has 0 saturated heterocycles. The monoisotopic (exact) mass is 290 g/mol. The number of carboxylic acid groups (broad SMARTS) is 1. The van der Waals surface area contributed by atoms with E-state index in [1.54, 1.807) is 25.1 Å². The van der Waals surface area contributed by atoms with Crippen molar-refractivity contribution in [3.8, 4) is 0 Å². The molecule has 6 nitrogen and oxygen atoms in total. The molecule has 0 unspecified atom stereocenters. The SMILES string of the molecule is Cc1cccc2nc(N[C@@H](CC(C)C)C(=O)O)oc(=O)c12. The molecule has 1 atom stereocenters. The Kier molecular flexibility index (Phi) is 4.26. The minimum absolute atomic E-state index is 0.0637. The van der Waals surface area contributed by atoms with Crippen molar-refractivity contribution >= 4 is 22.9 Å². The molecule has 6 heteroatoms. The summed E-state index contributed by atoms with van der Waals surface area (Å²) in [7, 11) is 0. The van der Waals surface area contributed by atoms with Crippen molar-refractivity contribution in [3.63, 3.8) is 0 Å². The number of hydrogen-bond acceptors (Lipinski definition) is 5. The topological polar surface area (TPSA) is 92.4 Å². The number of fused-ring (bicyclic) bond motifs is 1. The Morgan fingerprint density at radius 2 is 2.14 bits per heavy atom. The average molecular weight is 290 g/mol. The van der Waals surface area contributed by atoms with Crippen LogP contribution in [0.1, 0.15) is 25.8 Å². The first-order valence-electron chi connectivity index (χ1n) is 6.78. The van der Waals surface area contributed by atoms with Crippen molar-refractivity contribution in [1.82, 2.24) is 4.98 Å². The predicted octanol–water partition coefficient (Wildman–Crippen LogP) is 2.41. The summed E-state index contributed by atoms with van der Waals surface area (Å²) in [6.07, 6.45) is 0.409. The lowest BCUT2D eigenvalue weighted by molar-refractivity contribution is -0.138. The van der Waals surface area contributed by atoms with Gasteiger partial charge in [0.05, 0.1) is 10.9 Å². The van der Waals surface area contributed by atoms with Gasteiger partial charge in [-0.1, -0.05) is 26.0 Å². The third-order valence-corrected chi connectivity index (χ3v) is 3.17. The van der Waals surface area contributed by atoms with E-state index in [0.29, 0.717) is 17.3 Å². The normalized spacial score (nSPS) is 12.6. The fourth-order valence-electron chi connectivity index (χ4n) is 2.19. The second-order valence-corrected chi connectivity index (χ2v) is 5.44. The van der Waals surface area contributed by atoms with Gasteiger partial charge in [-0.2, -0.15) is 4.98 Å². The zero-order valence-corrected chi connectivity index (χ0v) is 12.2. The van der Waals surface area contributed by atoms with E-state index in [1.165, 1.54) is 0 Å². The maximum atomic E-state index is 12.0. The Bertz CT molecular complexity index is 721. The van der Waals surface area contributed by atoms with Gasteiger partial charge in [-0.3, -0.25) is 0 Å². The van der Waals surface area contributed by atoms with Crippen LogP contribution in [-0.2, 0) is 4.79 Å². The first kappa shape index (κ1) is 15.0. The van der Waals surface area contributed by atoms with Crippen LogP contribution in [0, 0.1) is 12.8 Å². The number of aliphatic carboxylic acids is 1. The largest absolute Gasteiger partial charge is 0.480 e. The quantitative estimate of drug-likeness (QED) is 0.878. The molecule has 0 saturated carbocycles. The molecule has 1 aromatic carbocycles. The van der Waals surface area contributed by atoms with Crippen LogP contribution in [0.25, 0.3) is 10.9 Å². The van der Waals surface area contributed by atoms with Crippen LogP contribution in [0.3, 0.4) is 0 Å². The van der Waals surface area contributed by atoms with Crippen molar-refractivity contribution < 1.29 is 14.3 Å². The van der Waals surface area contributed by atoms with Crippen molar-refractivity contribution in [2.45, 2.75) is 33.2 Å². The molecule has 2 N–H and O–H groups in total. The highest BCUT2D eigenvalue weighted by atomic mass is 16.4. The molecule has 0 aliphatic heterocycles. The van der Waals surface area contributed by atoms with Crippen LogP contribution >= 0.6 is 0 Å². The van der Waals surface area contributed by atoms with Gasteiger partial charge in [0.15, 0.2) is 0 Å². The molecule has 112 valence electrons. The number of aryl methyl sites for hydroxylation is 1. The molecule has 0 radical (unpaired) electrons. The van der Waals surface area contributed by atoms with E-state index in [-0.39, 0.29) is 11.9 Å². The van der Waals surface area contributed by atoms with Gasteiger partial charge in [0.2, 0.25) is 0 Å². The minimum Gasteiger partial charge on any atom is -0.480 e. The lowest BCUT2D eigenvalue weighted by atomic mass is 10.0. The molecule has 2 aromatic rings. The first-order chi connectivity index (χ1) is 9.88. The Balaban J connectivity index is 2.39. The Morgan fingerprint density at radius 1 is 1.43 bits per heavy atom. The number of rotatable bonds is 5. The molecule has 1 aromatic heterocycles. The van der Waals surface area contributed by atoms with Crippen LogP contribution in [0.4, 0.5) is 6.01 Å². The summed E-state index contributed by atoms with van der Waals surface area (Å²) < 4.78 is 5.09. The van der Waals surface area contributed by atoms with Crippen LogP contribution in [0.2, 0.25) is 0 Å². The van der Waals surface area contributed by atoms with Crippen molar-refractivity contribution in [2.24, 2.45) is 5.92 Å². The highest BCUT2D eigenvalue weighted by Crippen LogP contribution is 2.16. The molecule has 21 heavy (non-hydrogen) atoms. The van der Waals surface area contributed by atoms with Gasteiger partial charge >= 0.3 is 11.6 Å². The number of benzene rings is 1. The summed E-state index contributed by atoms with van der Waals surface area (Å²) >= 11 is 0. The second-order valence-electron chi connectivity index (χ2n) is 5.44. The number of nitrogens with zero attached hydrogens (tertiary/aromatic N) is 1. The molecule has 2 rings (SSSR count). The Labute approximate surface area is 121 Å². The van der Waals surface area contributed by atoms with E-state index in [9.17, 15) is 14.7 Å². The third-order valence-electron chi connectivity index (χ3n) is 3.17. The molecule has 0 aliphatic rings. The maximum Gasteiger partial charge on any atom is 0.348 e. The van der Waals surface area contributed by atoms with Gasteiger partial charge in [-0.05, 0) is 30.9 Å². The molecule has 0 bridgehead atoms. The van der Waals surface area contributed by atoms with Gasteiger partial charge in [-0.15, -0.1) is 0 Å². The molecule has 1 heterocycles. The van der Waals surface area contributed by atoms with Gasteiger partial charge in [0, 0.05) is 0 Å². The Morgan fingerprint density at radius 3 is 2.76 bits per heavy atom. The number of aromatic nitrogens is 1. The van der Waals surface area contributed by atoms with E-state index in [2.05, 4.69) is 10.3 Å².